The second kappa shape index (κ2) is 13.6. The number of hydrogen-bond acceptors (Lipinski definition) is 4. The van der Waals surface area contributed by atoms with E-state index in [1.165, 1.54) is 52.1 Å². The molecule has 0 aromatic rings. The minimum atomic E-state index is 0.437. The number of hydrogen-bond donors (Lipinski definition) is 0. The van der Waals surface area contributed by atoms with E-state index >= 15 is 0 Å². The first-order chi connectivity index (χ1) is 10.9. The molecule has 4 nitrogen and oxygen atoms in total. The highest BCUT2D eigenvalue weighted by Gasteiger charge is 2.15. The van der Waals surface area contributed by atoms with Gasteiger partial charge in [-0.05, 0) is 38.8 Å². The average Bonchev–Trinajstić information content (AvgIpc) is 2.55. The second-order valence-electron chi connectivity index (χ2n) is 5.61. The van der Waals surface area contributed by atoms with Crippen LogP contribution in [0.4, 0.5) is 0 Å². The molecule has 0 atom stereocenters. The first kappa shape index (κ1) is 19.0. The van der Waals surface area contributed by atoms with Crippen LogP contribution in [0.3, 0.4) is 0 Å². The minimum Gasteiger partial charge on any atom is -0.369 e. The fraction of sp³-hybridized carbons (Fsp3) is 0.778. The van der Waals surface area contributed by atoms with Crippen molar-refractivity contribution < 1.29 is 9.47 Å². The Kier molecular flexibility index (Phi) is 11.8. The topological polar surface area (TPSA) is 24.9 Å². The van der Waals surface area contributed by atoms with Gasteiger partial charge in [-0.2, -0.15) is 0 Å². The molecule has 0 bridgehead atoms. The number of unbranched alkanes of at least 4 members (excludes halogenated alkanes) is 2. The lowest BCUT2D eigenvalue weighted by Gasteiger charge is -2.34. The smallest absolute Gasteiger partial charge is 0.107 e. The molecule has 1 rings (SSSR count). The second-order valence-corrected chi connectivity index (χ2v) is 5.61. The molecule has 0 N–H and O–H groups in total. The molecule has 0 amide bonds. The minimum absolute atomic E-state index is 0.437. The maximum absolute atomic E-state index is 5.28. The summed E-state index contributed by atoms with van der Waals surface area (Å²) in [5.41, 5.74) is 0. The van der Waals surface area contributed by atoms with Gasteiger partial charge in [0, 0.05) is 39.4 Å². The summed E-state index contributed by atoms with van der Waals surface area (Å²) in [5.74, 6) is 4.98. The van der Waals surface area contributed by atoms with Crippen molar-refractivity contribution in [3.63, 3.8) is 0 Å². The van der Waals surface area contributed by atoms with E-state index < -0.39 is 0 Å². The lowest BCUT2D eigenvalue weighted by atomic mass is 10.2. The van der Waals surface area contributed by atoms with Crippen LogP contribution in [0, 0.1) is 24.7 Å². The average molecular weight is 306 g/mol. The molecule has 0 radical (unpaired) electrons. The Balaban J connectivity index is 1.91. The Labute approximate surface area is 136 Å². The highest BCUT2D eigenvalue weighted by molar-refractivity contribution is 4.83. The molecule has 0 aliphatic carbocycles. The van der Waals surface area contributed by atoms with E-state index in [0.29, 0.717) is 13.2 Å². The largest absolute Gasteiger partial charge is 0.369 e. The van der Waals surface area contributed by atoms with Gasteiger partial charge >= 0.3 is 0 Å². The summed E-state index contributed by atoms with van der Waals surface area (Å²) in [7, 11) is 0. The van der Waals surface area contributed by atoms with E-state index in [1.54, 1.807) is 0 Å². The van der Waals surface area contributed by atoms with Gasteiger partial charge in [-0.3, -0.25) is 0 Å². The van der Waals surface area contributed by atoms with Crippen LogP contribution >= 0.6 is 0 Å². The van der Waals surface area contributed by atoms with Crippen molar-refractivity contribution in [2.45, 2.75) is 25.7 Å². The van der Waals surface area contributed by atoms with Gasteiger partial charge in [-0.15, -0.1) is 12.8 Å². The fourth-order valence-electron chi connectivity index (χ4n) is 2.58. The van der Waals surface area contributed by atoms with Gasteiger partial charge in [0.2, 0.25) is 0 Å². The highest BCUT2D eigenvalue weighted by Crippen LogP contribution is 2.05. The van der Waals surface area contributed by atoms with Crippen molar-refractivity contribution in [2.75, 3.05) is 65.7 Å². The lowest BCUT2D eigenvalue weighted by molar-refractivity contribution is 0.115. The highest BCUT2D eigenvalue weighted by atomic mass is 16.5. The molecule has 0 saturated carbocycles. The summed E-state index contributed by atoms with van der Waals surface area (Å²) in [4.78, 5) is 5.10. The SMILES string of the molecule is C#CCOCCCCN1CCN(CCCCOCC#C)CC1. The molecule has 1 fully saturated rings. The van der Waals surface area contributed by atoms with Crippen LogP contribution in [0.5, 0.6) is 0 Å². The molecule has 4 heteroatoms. The van der Waals surface area contributed by atoms with Crippen molar-refractivity contribution >= 4 is 0 Å². The van der Waals surface area contributed by atoms with Gasteiger partial charge in [0.25, 0.3) is 0 Å². The standard InChI is InChI=1S/C18H30N2O2/c1-3-15-21-17-7-5-9-19-11-13-20(14-12-19)10-6-8-18-22-16-4-2/h1-2H,5-18H2. The predicted octanol–water partition coefficient (Wildman–Crippen LogP) is 1.46. The van der Waals surface area contributed by atoms with E-state index in [1.807, 2.05) is 0 Å². The summed E-state index contributed by atoms with van der Waals surface area (Å²) in [6, 6.07) is 0. The van der Waals surface area contributed by atoms with E-state index in [4.69, 9.17) is 22.3 Å². The zero-order valence-electron chi connectivity index (χ0n) is 13.8. The predicted molar refractivity (Wildman–Crippen MR) is 90.7 cm³/mol. The Morgan fingerprint density at radius 1 is 0.682 bits per heavy atom. The van der Waals surface area contributed by atoms with Crippen LogP contribution < -0.4 is 0 Å². The zero-order chi connectivity index (χ0) is 15.9. The third kappa shape index (κ3) is 9.82. The van der Waals surface area contributed by atoms with Gasteiger partial charge in [0.15, 0.2) is 0 Å². The molecule has 124 valence electrons. The molecule has 1 aliphatic heterocycles. The van der Waals surface area contributed by atoms with Crippen molar-refractivity contribution in [2.24, 2.45) is 0 Å². The lowest BCUT2D eigenvalue weighted by Crippen LogP contribution is -2.46. The molecule has 0 spiro atoms. The normalized spacial score (nSPS) is 16.3. The summed E-state index contributed by atoms with van der Waals surface area (Å²) < 4.78 is 10.6. The Morgan fingerprint density at radius 2 is 1.09 bits per heavy atom. The van der Waals surface area contributed by atoms with Crippen LogP contribution in [-0.2, 0) is 9.47 Å². The van der Waals surface area contributed by atoms with Gasteiger partial charge in [0.1, 0.15) is 13.2 Å². The molecule has 1 aliphatic rings. The third-order valence-electron chi connectivity index (χ3n) is 3.86. The van der Waals surface area contributed by atoms with Crippen molar-refractivity contribution in [1.29, 1.82) is 0 Å². The van der Waals surface area contributed by atoms with E-state index in [0.717, 1.165) is 26.1 Å². The molecule has 22 heavy (non-hydrogen) atoms. The third-order valence-corrected chi connectivity index (χ3v) is 3.86. The van der Waals surface area contributed by atoms with E-state index in [9.17, 15) is 0 Å². The van der Waals surface area contributed by atoms with E-state index in [-0.39, 0.29) is 0 Å². The first-order valence-electron chi connectivity index (χ1n) is 8.34. The fourth-order valence-corrected chi connectivity index (χ4v) is 2.58. The summed E-state index contributed by atoms with van der Waals surface area (Å²) in [6.45, 7) is 9.51. The van der Waals surface area contributed by atoms with E-state index in [2.05, 4.69) is 21.6 Å². The molecular weight excluding hydrogens is 276 g/mol. The number of nitrogens with zero attached hydrogens (tertiary/aromatic N) is 2. The number of rotatable bonds is 12. The van der Waals surface area contributed by atoms with Crippen LogP contribution in [0.2, 0.25) is 0 Å². The Hall–Kier alpha value is -1.04. The van der Waals surface area contributed by atoms with Crippen LogP contribution in [0.25, 0.3) is 0 Å². The zero-order valence-corrected chi connectivity index (χ0v) is 13.8. The van der Waals surface area contributed by atoms with Crippen LogP contribution in [0.1, 0.15) is 25.7 Å². The van der Waals surface area contributed by atoms with Gasteiger partial charge < -0.3 is 19.3 Å². The maximum Gasteiger partial charge on any atom is 0.107 e. The summed E-state index contributed by atoms with van der Waals surface area (Å²) in [5, 5.41) is 0. The molecule has 0 unspecified atom stereocenters. The Bertz CT molecular complexity index is 304. The molecule has 1 heterocycles. The number of terminal acetylenes is 2. The van der Waals surface area contributed by atoms with Gasteiger partial charge in [-0.25, -0.2) is 0 Å². The van der Waals surface area contributed by atoms with Gasteiger partial charge in [0.05, 0.1) is 0 Å². The first-order valence-corrected chi connectivity index (χ1v) is 8.34. The molecule has 1 saturated heterocycles. The quantitative estimate of drug-likeness (QED) is 0.403. The number of ether oxygens (including phenoxy) is 2. The Morgan fingerprint density at radius 3 is 1.45 bits per heavy atom. The molecule has 0 aromatic carbocycles. The van der Waals surface area contributed by atoms with Crippen LogP contribution in [0.15, 0.2) is 0 Å². The molecular formula is C18H30N2O2. The van der Waals surface area contributed by atoms with Gasteiger partial charge in [-0.1, -0.05) is 11.8 Å². The van der Waals surface area contributed by atoms with Crippen LogP contribution in [-0.4, -0.2) is 75.5 Å². The molecule has 0 aromatic heterocycles. The van der Waals surface area contributed by atoms with Crippen molar-refractivity contribution in [3.8, 4) is 24.7 Å². The number of piperazine rings is 1. The summed E-state index contributed by atoms with van der Waals surface area (Å²) in [6.07, 6.45) is 14.8. The monoisotopic (exact) mass is 306 g/mol. The van der Waals surface area contributed by atoms with Crippen molar-refractivity contribution in [3.05, 3.63) is 0 Å². The maximum atomic E-state index is 5.28. The van der Waals surface area contributed by atoms with Crippen molar-refractivity contribution in [1.82, 2.24) is 9.80 Å². The summed E-state index contributed by atoms with van der Waals surface area (Å²) >= 11 is 0.